The van der Waals surface area contributed by atoms with Crippen molar-refractivity contribution in [1.29, 1.82) is 0 Å². The Balaban J connectivity index is 1.26. The lowest BCUT2D eigenvalue weighted by atomic mass is 9.98. The lowest BCUT2D eigenvalue weighted by molar-refractivity contribution is 0.669. The largest absolute Gasteiger partial charge is 0.456 e. The molecule has 0 spiro atoms. The second-order valence-electron chi connectivity index (χ2n) is 11.4. The van der Waals surface area contributed by atoms with Crippen LogP contribution >= 0.6 is 0 Å². The molecule has 206 valence electrons. The van der Waals surface area contributed by atoms with Crippen LogP contribution in [0.15, 0.2) is 168 Å². The Morgan fingerprint density at radius 2 is 1.05 bits per heavy atom. The second-order valence-corrected chi connectivity index (χ2v) is 11.4. The van der Waals surface area contributed by atoms with Gasteiger partial charge in [-0.3, -0.25) is 0 Å². The summed E-state index contributed by atoms with van der Waals surface area (Å²) in [6, 6.07) is 58.5. The maximum atomic E-state index is 6.53. The number of benzene rings is 8. The zero-order valence-corrected chi connectivity index (χ0v) is 23.9. The highest BCUT2D eigenvalue weighted by molar-refractivity contribution is 6.19. The van der Waals surface area contributed by atoms with Crippen molar-refractivity contribution < 1.29 is 4.42 Å². The van der Waals surface area contributed by atoms with Crippen molar-refractivity contribution >= 4 is 71.3 Å². The van der Waals surface area contributed by atoms with E-state index in [9.17, 15) is 0 Å². The van der Waals surface area contributed by atoms with Gasteiger partial charge in [0, 0.05) is 16.8 Å². The predicted octanol–water partition coefficient (Wildman–Crippen LogP) is 12.2. The Bertz CT molecular complexity index is 2480. The van der Waals surface area contributed by atoms with Gasteiger partial charge in [-0.1, -0.05) is 115 Å². The van der Waals surface area contributed by atoms with Gasteiger partial charge in [-0.05, 0) is 92.0 Å². The van der Waals surface area contributed by atoms with Gasteiger partial charge in [-0.15, -0.1) is 0 Å². The van der Waals surface area contributed by atoms with Gasteiger partial charge in [0.15, 0.2) is 0 Å². The average Bonchev–Trinajstić information content (AvgIpc) is 3.46. The summed E-state index contributed by atoms with van der Waals surface area (Å²) in [6.07, 6.45) is 0. The van der Waals surface area contributed by atoms with Crippen LogP contribution in [0.4, 0.5) is 17.1 Å². The number of para-hydroxylation sites is 1. The quantitative estimate of drug-likeness (QED) is 0.199. The normalized spacial score (nSPS) is 11.6. The van der Waals surface area contributed by atoms with Crippen LogP contribution in [-0.2, 0) is 0 Å². The van der Waals surface area contributed by atoms with Crippen LogP contribution in [0.3, 0.4) is 0 Å². The van der Waals surface area contributed by atoms with Crippen molar-refractivity contribution in [2.24, 2.45) is 0 Å². The average molecular weight is 562 g/mol. The summed E-state index contributed by atoms with van der Waals surface area (Å²) in [4.78, 5) is 2.34. The molecule has 0 unspecified atom stereocenters. The minimum absolute atomic E-state index is 0.880. The van der Waals surface area contributed by atoms with Gasteiger partial charge < -0.3 is 9.32 Å². The zero-order chi connectivity index (χ0) is 29.0. The summed E-state index contributed by atoms with van der Waals surface area (Å²) in [5, 5.41) is 9.65. The molecule has 0 aliphatic rings. The molecule has 0 aliphatic heterocycles. The van der Waals surface area contributed by atoms with Crippen LogP contribution < -0.4 is 4.90 Å². The smallest absolute Gasteiger partial charge is 0.137 e. The molecule has 0 bridgehead atoms. The number of rotatable bonds is 4. The molecule has 9 aromatic rings. The molecule has 2 heteroatoms. The van der Waals surface area contributed by atoms with Crippen LogP contribution in [0.25, 0.3) is 65.4 Å². The molecule has 0 saturated carbocycles. The monoisotopic (exact) mass is 561 g/mol. The molecule has 8 aromatic carbocycles. The Morgan fingerprint density at radius 3 is 1.89 bits per heavy atom. The van der Waals surface area contributed by atoms with Crippen LogP contribution in [0.2, 0.25) is 0 Å². The summed E-state index contributed by atoms with van der Waals surface area (Å²) >= 11 is 0. The van der Waals surface area contributed by atoms with Crippen LogP contribution in [0, 0.1) is 0 Å². The number of anilines is 3. The molecule has 0 N–H and O–H groups in total. The lowest BCUT2D eigenvalue weighted by Gasteiger charge is -2.26. The highest BCUT2D eigenvalue weighted by Crippen LogP contribution is 2.44. The fourth-order valence-corrected chi connectivity index (χ4v) is 6.77. The molecule has 1 aromatic heterocycles. The molecule has 0 radical (unpaired) electrons. The maximum absolute atomic E-state index is 6.53. The lowest BCUT2D eigenvalue weighted by Crippen LogP contribution is -2.10. The predicted molar refractivity (Wildman–Crippen MR) is 186 cm³/mol. The van der Waals surface area contributed by atoms with Crippen molar-refractivity contribution in [3.63, 3.8) is 0 Å². The number of fused-ring (bicyclic) bond motifs is 7. The summed E-state index contributed by atoms with van der Waals surface area (Å²) in [5.41, 5.74) is 7.49. The highest BCUT2D eigenvalue weighted by atomic mass is 16.3. The molecule has 1 heterocycles. The first-order valence-electron chi connectivity index (χ1n) is 15.0. The van der Waals surface area contributed by atoms with E-state index in [1.807, 2.05) is 0 Å². The second kappa shape index (κ2) is 9.86. The molecule has 0 saturated heterocycles. The van der Waals surface area contributed by atoms with Gasteiger partial charge in [-0.25, -0.2) is 0 Å². The van der Waals surface area contributed by atoms with E-state index < -0.39 is 0 Å². The van der Waals surface area contributed by atoms with E-state index in [1.54, 1.807) is 0 Å². The number of nitrogens with zero attached hydrogens (tertiary/aromatic N) is 1. The standard InChI is InChI=1S/C42H27NO/c1-2-13-32(14-3-1)43(33-24-22-30(23-25-33)35-17-8-12-28-10-4-6-15-34(28)35)39-18-9-19-40-42(39)38-27-37-31(26-41(38)44-40)21-20-29-11-5-7-16-36(29)37/h1-27H. The third kappa shape index (κ3) is 3.89. The third-order valence-corrected chi connectivity index (χ3v) is 8.82. The summed E-state index contributed by atoms with van der Waals surface area (Å²) < 4.78 is 6.53. The summed E-state index contributed by atoms with van der Waals surface area (Å²) in [7, 11) is 0. The molecular weight excluding hydrogens is 534 g/mol. The first-order valence-corrected chi connectivity index (χ1v) is 15.0. The molecule has 9 rings (SSSR count). The Labute approximate surface area is 255 Å². The van der Waals surface area contributed by atoms with Crippen molar-refractivity contribution in [2.75, 3.05) is 4.90 Å². The van der Waals surface area contributed by atoms with Gasteiger partial charge >= 0.3 is 0 Å². The van der Waals surface area contributed by atoms with Crippen molar-refractivity contribution in [3.05, 3.63) is 164 Å². The van der Waals surface area contributed by atoms with E-state index in [2.05, 4.69) is 169 Å². The van der Waals surface area contributed by atoms with E-state index in [4.69, 9.17) is 4.42 Å². The summed E-state index contributed by atoms with van der Waals surface area (Å²) in [6.45, 7) is 0. The van der Waals surface area contributed by atoms with Crippen LogP contribution in [-0.4, -0.2) is 0 Å². The van der Waals surface area contributed by atoms with Crippen LogP contribution in [0.1, 0.15) is 0 Å². The Morgan fingerprint density at radius 1 is 0.386 bits per heavy atom. The van der Waals surface area contributed by atoms with E-state index in [-0.39, 0.29) is 0 Å². The first kappa shape index (κ1) is 24.7. The highest BCUT2D eigenvalue weighted by Gasteiger charge is 2.20. The Kier molecular flexibility index (Phi) is 5.54. The maximum Gasteiger partial charge on any atom is 0.137 e. The van der Waals surface area contributed by atoms with Gasteiger partial charge in [0.1, 0.15) is 11.2 Å². The Hall–Kier alpha value is -5.86. The molecule has 44 heavy (non-hydrogen) atoms. The summed E-state index contributed by atoms with van der Waals surface area (Å²) in [5.74, 6) is 0. The molecule has 0 aliphatic carbocycles. The zero-order valence-electron chi connectivity index (χ0n) is 23.9. The number of hydrogen-bond donors (Lipinski definition) is 0. The molecule has 0 amide bonds. The van der Waals surface area contributed by atoms with Crippen molar-refractivity contribution in [2.45, 2.75) is 0 Å². The third-order valence-electron chi connectivity index (χ3n) is 8.82. The topological polar surface area (TPSA) is 16.4 Å². The fourth-order valence-electron chi connectivity index (χ4n) is 6.77. The number of hydrogen-bond acceptors (Lipinski definition) is 2. The van der Waals surface area contributed by atoms with Crippen molar-refractivity contribution in [3.8, 4) is 11.1 Å². The van der Waals surface area contributed by atoms with Crippen molar-refractivity contribution in [1.82, 2.24) is 0 Å². The van der Waals surface area contributed by atoms with E-state index in [0.29, 0.717) is 0 Å². The van der Waals surface area contributed by atoms with Crippen LogP contribution in [0.5, 0.6) is 0 Å². The van der Waals surface area contributed by atoms with E-state index in [1.165, 1.54) is 43.4 Å². The van der Waals surface area contributed by atoms with Gasteiger partial charge in [-0.2, -0.15) is 0 Å². The van der Waals surface area contributed by atoms with Gasteiger partial charge in [0.25, 0.3) is 0 Å². The minimum atomic E-state index is 0.880. The van der Waals surface area contributed by atoms with Gasteiger partial charge in [0.05, 0.1) is 11.1 Å². The van der Waals surface area contributed by atoms with E-state index >= 15 is 0 Å². The van der Waals surface area contributed by atoms with Gasteiger partial charge in [0.2, 0.25) is 0 Å². The SMILES string of the molecule is c1ccc(N(c2ccc(-c3cccc4ccccc34)cc2)c2cccc3oc4cc5ccc6ccccc6c5cc4c23)cc1. The fraction of sp³-hybridized carbons (Fsp3) is 0. The molecule has 0 atom stereocenters. The molecular formula is C42H27NO. The number of furan rings is 1. The first-order chi connectivity index (χ1) is 21.8. The van der Waals surface area contributed by atoms with E-state index in [0.717, 1.165) is 39.0 Å². The molecule has 0 fully saturated rings. The molecule has 2 nitrogen and oxygen atoms in total. The minimum Gasteiger partial charge on any atom is -0.456 e.